The van der Waals surface area contributed by atoms with Gasteiger partial charge in [-0.05, 0) is 19.1 Å². The predicted octanol–water partition coefficient (Wildman–Crippen LogP) is 1.46. The molecular formula is C11H15NO4S. The van der Waals surface area contributed by atoms with Crippen LogP contribution in [0.15, 0.2) is 24.3 Å². The Kier molecular flexibility index (Phi) is 4.11. The van der Waals surface area contributed by atoms with Crippen molar-refractivity contribution in [1.29, 1.82) is 0 Å². The standard InChI is InChI=1S/C11H15NO4S/c1-8-3-5-10(6-4-8)12-17(15,16)7-9(2)11(13)14/h3-6,9,12H,7H2,1-2H3,(H,13,14)/t9-/m1/s1. The number of hydrogen-bond donors (Lipinski definition) is 2. The van der Waals surface area contributed by atoms with E-state index in [0.717, 1.165) is 5.56 Å². The van der Waals surface area contributed by atoms with Gasteiger partial charge in [-0.15, -0.1) is 0 Å². The molecule has 0 unspecified atom stereocenters. The van der Waals surface area contributed by atoms with E-state index >= 15 is 0 Å². The van der Waals surface area contributed by atoms with Crippen LogP contribution in [0, 0.1) is 12.8 Å². The molecule has 0 aromatic heterocycles. The number of rotatable bonds is 5. The molecule has 0 radical (unpaired) electrons. The third kappa shape index (κ3) is 4.44. The third-order valence-electron chi connectivity index (χ3n) is 2.22. The maximum absolute atomic E-state index is 11.6. The zero-order chi connectivity index (χ0) is 13.1. The Bertz CT molecular complexity index is 493. The Morgan fingerprint density at radius 1 is 1.35 bits per heavy atom. The first-order valence-corrected chi connectivity index (χ1v) is 6.75. The minimum atomic E-state index is -3.62. The number of aliphatic carboxylic acids is 1. The van der Waals surface area contributed by atoms with Crippen LogP contribution in [0.5, 0.6) is 0 Å². The van der Waals surface area contributed by atoms with Gasteiger partial charge in [0.2, 0.25) is 10.0 Å². The maximum atomic E-state index is 11.6. The molecule has 0 fully saturated rings. The van der Waals surface area contributed by atoms with Gasteiger partial charge in [-0.2, -0.15) is 0 Å². The van der Waals surface area contributed by atoms with E-state index in [0.29, 0.717) is 5.69 Å². The van der Waals surface area contributed by atoms with E-state index in [1.165, 1.54) is 6.92 Å². The lowest BCUT2D eigenvalue weighted by Crippen LogP contribution is -2.25. The van der Waals surface area contributed by atoms with E-state index in [9.17, 15) is 13.2 Å². The van der Waals surface area contributed by atoms with E-state index < -0.39 is 27.7 Å². The van der Waals surface area contributed by atoms with Gasteiger partial charge in [0.1, 0.15) is 0 Å². The normalized spacial score (nSPS) is 13.1. The first-order chi connectivity index (χ1) is 7.80. The summed E-state index contributed by atoms with van der Waals surface area (Å²) in [7, 11) is -3.62. The largest absolute Gasteiger partial charge is 0.481 e. The number of anilines is 1. The summed E-state index contributed by atoms with van der Waals surface area (Å²) < 4.78 is 25.6. The van der Waals surface area contributed by atoms with Gasteiger partial charge in [-0.3, -0.25) is 9.52 Å². The molecule has 0 aliphatic carbocycles. The topological polar surface area (TPSA) is 83.5 Å². The Morgan fingerprint density at radius 2 is 1.88 bits per heavy atom. The molecule has 0 aliphatic heterocycles. The van der Waals surface area contributed by atoms with Crippen LogP contribution in [-0.4, -0.2) is 25.2 Å². The second kappa shape index (κ2) is 5.18. The second-order valence-electron chi connectivity index (χ2n) is 3.99. The van der Waals surface area contributed by atoms with E-state index in [1.54, 1.807) is 24.3 Å². The quantitative estimate of drug-likeness (QED) is 0.836. The lowest BCUT2D eigenvalue weighted by atomic mass is 10.2. The summed E-state index contributed by atoms with van der Waals surface area (Å²) >= 11 is 0. The number of hydrogen-bond acceptors (Lipinski definition) is 3. The van der Waals surface area contributed by atoms with Crippen molar-refractivity contribution in [3.63, 3.8) is 0 Å². The second-order valence-corrected chi connectivity index (χ2v) is 5.76. The van der Waals surface area contributed by atoms with Crippen molar-refractivity contribution in [2.45, 2.75) is 13.8 Å². The number of carboxylic acid groups (broad SMARTS) is 1. The fraction of sp³-hybridized carbons (Fsp3) is 0.364. The van der Waals surface area contributed by atoms with Gasteiger partial charge in [0.15, 0.2) is 0 Å². The molecule has 0 saturated carbocycles. The minimum Gasteiger partial charge on any atom is -0.481 e. The fourth-order valence-electron chi connectivity index (χ4n) is 1.24. The van der Waals surface area contributed by atoms with Crippen molar-refractivity contribution in [1.82, 2.24) is 0 Å². The van der Waals surface area contributed by atoms with E-state index in [-0.39, 0.29) is 0 Å². The molecule has 17 heavy (non-hydrogen) atoms. The first-order valence-electron chi connectivity index (χ1n) is 5.10. The van der Waals surface area contributed by atoms with Gasteiger partial charge in [-0.25, -0.2) is 8.42 Å². The number of nitrogens with one attached hydrogen (secondary N) is 1. The molecule has 5 nitrogen and oxygen atoms in total. The molecule has 0 aliphatic rings. The summed E-state index contributed by atoms with van der Waals surface area (Å²) in [6.45, 7) is 3.25. The molecule has 0 bridgehead atoms. The van der Waals surface area contributed by atoms with Crippen molar-refractivity contribution in [3.05, 3.63) is 29.8 Å². The van der Waals surface area contributed by atoms with Crippen LogP contribution in [0.4, 0.5) is 5.69 Å². The molecule has 2 N–H and O–H groups in total. The number of sulfonamides is 1. The van der Waals surface area contributed by atoms with Crippen LogP contribution in [0.3, 0.4) is 0 Å². The van der Waals surface area contributed by atoms with Gasteiger partial charge in [0.25, 0.3) is 0 Å². The highest BCUT2D eigenvalue weighted by Gasteiger charge is 2.20. The van der Waals surface area contributed by atoms with Crippen molar-refractivity contribution in [3.8, 4) is 0 Å². The Morgan fingerprint density at radius 3 is 2.35 bits per heavy atom. The highest BCUT2D eigenvalue weighted by molar-refractivity contribution is 7.92. The average molecular weight is 257 g/mol. The van der Waals surface area contributed by atoms with Crippen molar-refractivity contribution >= 4 is 21.7 Å². The van der Waals surface area contributed by atoms with Crippen LogP contribution < -0.4 is 4.72 Å². The lowest BCUT2D eigenvalue weighted by molar-refractivity contribution is -0.140. The highest BCUT2D eigenvalue weighted by atomic mass is 32.2. The Hall–Kier alpha value is -1.56. The summed E-state index contributed by atoms with van der Waals surface area (Å²) in [6.07, 6.45) is 0. The van der Waals surface area contributed by atoms with Gasteiger partial charge in [0.05, 0.1) is 11.7 Å². The predicted molar refractivity (Wildman–Crippen MR) is 65.4 cm³/mol. The van der Waals surface area contributed by atoms with Gasteiger partial charge >= 0.3 is 5.97 Å². The van der Waals surface area contributed by atoms with Crippen molar-refractivity contribution < 1.29 is 18.3 Å². The first kappa shape index (κ1) is 13.5. The van der Waals surface area contributed by atoms with Crippen molar-refractivity contribution in [2.75, 3.05) is 10.5 Å². The maximum Gasteiger partial charge on any atom is 0.307 e. The van der Waals surface area contributed by atoms with Crippen LogP contribution >= 0.6 is 0 Å². The Labute approximate surface area is 101 Å². The van der Waals surface area contributed by atoms with Gasteiger partial charge < -0.3 is 5.11 Å². The molecule has 0 heterocycles. The molecule has 0 saturated heterocycles. The zero-order valence-electron chi connectivity index (χ0n) is 9.67. The van der Waals surface area contributed by atoms with E-state index in [2.05, 4.69) is 4.72 Å². The number of benzene rings is 1. The molecule has 0 amide bonds. The summed E-state index contributed by atoms with van der Waals surface area (Å²) in [6, 6.07) is 6.83. The molecule has 1 aromatic rings. The molecule has 94 valence electrons. The zero-order valence-corrected chi connectivity index (χ0v) is 10.5. The average Bonchev–Trinajstić information content (AvgIpc) is 2.20. The SMILES string of the molecule is Cc1ccc(NS(=O)(=O)C[C@@H](C)C(=O)O)cc1. The minimum absolute atomic E-state index is 0.434. The summed E-state index contributed by atoms with van der Waals surface area (Å²) in [5, 5.41) is 8.66. The summed E-state index contributed by atoms with van der Waals surface area (Å²) in [5.41, 5.74) is 1.46. The molecule has 0 spiro atoms. The molecule has 6 heteroatoms. The smallest absolute Gasteiger partial charge is 0.307 e. The third-order valence-corrected chi connectivity index (χ3v) is 3.70. The molecule has 1 rings (SSSR count). The van der Waals surface area contributed by atoms with E-state index in [4.69, 9.17) is 5.11 Å². The van der Waals surface area contributed by atoms with Gasteiger partial charge in [-0.1, -0.05) is 24.6 Å². The van der Waals surface area contributed by atoms with Crippen LogP contribution in [0.25, 0.3) is 0 Å². The summed E-state index contributed by atoms with van der Waals surface area (Å²) in [4.78, 5) is 10.6. The molecular weight excluding hydrogens is 242 g/mol. The molecule has 1 aromatic carbocycles. The lowest BCUT2D eigenvalue weighted by Gasteiger charge is -2.10. The fourth-order valence-corrected chi connectivity index (χ4v) is 2.62. The van der Waals surface area contributed by atoms with Crippen LogP contribution in [0.1, 0.15) is 12.5 Å². The highest BCUT2D eigenvalue weighted by Crippen LogP contribution is 2.12. The van der Waals surface area contributed by atoms with Crippen LogP contribution in [0.2, 0.25) is 0 Å². The number of carboxylic acids is 1. The molecule has 1 atom stereocenters. The monoisotopic (exact) mass is 257 g/mol. The van der Waals surface area contributed by atoms with Crippen molar-refractivity contribution in [2.24, 2.45) is 5.92 Å². The number of carbonyl (C=O) groups is 1. The van der Waals surface area contributed by atoms with Crippen LogP contribution in [-0.2, 0) is 14.8 Å². The number of aryl methyl sites for hydroxylation is 1. The van der Waals surface area contributed by atoms with Gasteiger partial charge in [0, 0.05) is 5.69 Å². The Balaban J connectivity index is 2.73. The van der Waals surface area contributed by atoms with E-state index in [1.807, 2.05) is 6.92 Å². The summed E-state index contributed by atoms with van der Waals surface area (Å²) in [5.74, 6) is -2.49.